The predicted molar refractivity (Wildman–Crippen MR) is 135 cm³/mol. The number of carbonyl (C=O) groups excluding carboxylic acids is 2. The van der Waals surface area contributed by atoms with Crippen LogP contribution in [-0.4, -0.2) is 32.9 Å². The van der Waals surface area contributed by atoms with Gasteiger partial charge in [-0.2, -0.15) is 0 Å². The number of hydrogen-bond acceptors (Lipinski definition) is 8. The fourth-order valence-electron chi connectivity index (χ4n) is 3.04. The lowest BCUT2D eigenvalue weighted by Crippen LogP contribution is -2.10. The molecular formula is C24H20N2O6S2. The summed E-state index contributed by atoms with van der Waals surface area (Å²) in [4.78, 5) is 47.1. The summed E-state index contributed by atoms with van der Waals surface area (Å²) >= 11 is 2.92. The van der Waals surface area contributed by atoms with E-state index in [1.165, 1.54) is 84.2 Å². The van der Waals surface area contributed by atoms with Crippen LogP contribution in [0.15, 0.2) is 70.5 Å². The van der Waals surface area contributed by atoms with Gasteiger partial charge in [-0.05, 0) is 47.6 Å². The highest BCUT2D eigenvalue weighted by Gasteiger charge is 2.22. The van der Waals surface area contributed by atoms with E-state index in [4.69, 9.17) is 0 Å². The first-order valence-electron chi connectivity index (χ1n) is 10.3. The van der Waals surface area contributed by atoms with E-state index in [9.17, 15) is 29.8 Å². The maximum absolute atomic E-state index is 13.1. The van der Waals surface area contributed by atoms with Crippen LogP contribution >= 0.6 is 23.5 Å². The molecule has 3 rings (SSSR count). The summed E-state index contributed by atoms with van der Waals surface area (Å²) in [6, 6.07) is 11.7. The summed E-state index contributed by atoms with van der Waals surface area (Å²) < 4.78 is 0.639. The van der Waals surface area contributed by atoms with Crippen LogP contribution in [0.5, 0.6) is 0 Å². The number of hydrogen-bond donors (Lipinski definition) is 0. The van der Waals surface area contributed by atoms with Gasteiger partial charge in [0, 0.05) is 24.3 Å². The SMILES string of the molecule is O=C(C=Cc1cccc([N+](=O)[O-])c1)C(C(=O)C=Cc1cccc([N+](=O)[O-])c1)=C1SCCCCS1. The van der Waals surface area contributed by atoms with Crippen molar-refractivity contribution in [2.75, 3.05) is 11.5 Å². The van der Waals surface area contributed by atoms with Crippen molar-refractivity contribution >= 4 is 58.6 Å². The van der Waals surface area contributed by atoms with E-state index < -0.39 is 21.4 Å². The topological polar surface area (TPSA) is 120 Å². The molecule has 1 aliphatic rings. The third kappa shape index (κ3) is 7.00. The summed E-state index contributed by atoms with van der Waals surface area (Å²) in [6.45, 7) is 0. The monoisotopic (exact) mass is 496 g/mol. The molecule has 0 spiro atoms. The fourth-order valence-corrected chi connectivity index (χ4v) is 5.63. The Bertz CT molecular complexity index is 1130. The molecule has 1 saturated heterocycles. The molecule has 0 saturated carbocycles. The average Bonchev–Trinajstić information content (AvgIpc) is 3.11. The lowest BCUT2D eigenvalue weighted by atomic mass is 10.1. The number of carbonyl (C=O) groups is 2. The quantitative estimate of drug-likeness (QED) is 0.147. The molecule has 0 amide bonds. The van der Waals surface area contributed by atoms with Crippen molar-refractivity contribution in [3.63, 3.8) is 0 Å². The lowest BCUT2D eigenvalue weighted by Gasteiger charge is -2.08. The molecule has 1 aliphatic heterocycles. The molecule has 0 radical (unpaired) electrons. The van der Waals surface area contributed by atoms with Gasteiger partial charge in [-0.1, -0.05) is 36.4 Å². The van der Waals surface area contributed by atoms with E-state index in [0.717, 1.165) is 24.3 Å². The Balaban J connectivity index is 1.90. The maximum Gasteiger partial charge on any atom is 0.270 e. The number of benzene rings is 2. The minimum atomic E-state index is -0.520. The minimum Gasteiger partial charge on any atom is -0.289 e. The highest BCUT2D eigenvalue weighted by molar-refractivity contribution is 8.22. The molecule has 0 N–H and O–H groups in total. The van der Waals surface area contributed by atoms with Crippen LogP contribution < -0.4 is 0 Å². The van der Waals surface area contributed by atoms with Gasteiger partial charge in [0.2, 0.25) is 0 Å². The van der Waals surface area contributed by atoms with Crippen molar-refractivity contribution in [3.05, 3.63) is 102 Å². The third-order valence-corrected chi connectivity index (χ3v) is 7.34. The van der Waals surface area contributed by atoms with Crippen LogP contribution in [-0.2, 0) is 9.59 Å². The molecule has 10 heteroatoms. The first-order valence-corrected chi connectivity index (χ1v) is 12.3. The first kappa shape index (κ1) is 25.1. The van der Waals surface area contributed by atoms with Crippen molar-refractivity contribution in [3.8, 4) is 0 Å². The molecule has 0 unspecified atom stereocenters. The summed E-state index contributed by atoms with van der Waals surface area (Å²) in [7, 11) is 0. The number of ketones is 2. The van der Waals surface area contributed by atoms with E-state index in [1.807, 2.05) is 0 Å². The van der Waals surface area contributed by atoms with Crippen molar-refractivity contribution in [1.82, 2.24) is 0 Å². The Kier molecular flexibility index (Phi) is 8.94. The molecule has 0 atom stereocenters. The van der Waals surface area contributed by atoms with E-state index in [0.29, 0.717) is 15.4 Å². The Morgan fingerprint density at radius 1 is 0.765 bits per heavy atom. The van der Waals surface area contributed by atoms with Gasteiger partial charge in [0.1, 0.15) is 0 Å². The largest absolute Gasteiger partial charge is 0.289 e. The Morgan fingerprint density at radius 2 is 1.21 bits per heavy atom. The number of non-ortho nitro benzene ring substituents is 2. The number of nitro benzene ring substituents is 2. The van der Waals surface area contributed by atoms with Crippen LogP contribution in [0.3, 0.4) is 0 Å². The standard InChI is InChI=1S/C24H20N2O6S2/c27-21(11-9-17-5-3-7-19(15-17)25(29)30)23(24-33-13-1-2-14-34-24)22(28)12-10-18-6-4-8-20(16-18)26(31)32/h3-12,15-16H,1-2,13-14H2. The van der Waals surface area contributed by atoms with Crippen LogP contribution in [0.2, 0.25) is 0 Å². The van der Waals surface area contributed by atoms with Gasteiger partial charge in [-0.25, -0.2) is 0 Å². The van der Waals surface area contributed by atoms with Crippen molar-refractivity contribution in [2.24, 2.45) is 0 Å². The third-order valence-electron chi connectivity index (χ3n) is 4.72. The van der Waals surface area contributed by atoms with E-state index in [2.05, 4.69) is 0 Å². The molecule has 1 heterocycles. The molecule has 0 aliphatic carbocycles. The summed E-state index contributed by atoms with van der Waals surface area (Å²) in [5, 5.41) is 22.0. The van der Waals surface area contributed by atoms with Gasteiger partial charge in [-0.15, -0.1) is 23.5 Å². The maximum atomic E-state index is 13.1. The zero-order valence-corrected chi connectivity index (χ0v) is 19.6. The van der Waals surface area contributed by atoms with Gasteiger partial charge in [-0.3, -0.25) is 29.8 Å². The zero-order chi connectivity index (χ0) is 24.5. The molecule has 2 aromatic rings. The summed E-state index contributed by atoms with van der Waals surface area (Å²) in [6.07, 6.45) is 7.33. The van der Waals surface area contributed by atoms with Crippen molar-refractivity contribution in [1.29, 1.82) is 0 Å². The molecule has 34 heavy (non-hydrogen) atoms. The number of allylic oxidation sites excluding steroid dienone is 3. The fraction of sp³-hybridized carbons (Fsp3) is 0.167. The van der Waals surface area contributed by atoms with Crippen LogP contribution in [0.1, 0.15) is 24.0 Å². The van der Waals surface area contributed by atoms with E-state index in [-0.39, 0.29) is 16.9 Å². The lowest BCUT2D eigenvalue weighted by molar-refractivity contribution is -0.385. The van der Waals surface area contributed by atoms with Crippen LogP contribution in [0.4, 0.5) is 11.4 Å². The first-order chi connectivity index (χ1) is 16.3. The molecule has 8 nitrogen and oxygen atoms in total. The van der Waals surface area contributed by atoms with Gasteiger partial charge < -0.3 is 0 Å². The second-order valence-corrected chi connectivity index (χ2v) is 9.63. The summed E-state index contributed by atoms with van der Waals surface area (Å²) in [5.41, 5.74) is 0.763. The zero-order valence-electron chi connectivity index (χ0n) is 17.9. The molecule has 1 fully saturated rings. The van der Waals surface area contributed by atoms with Crippen molar-refractivity contribution < 1.29 is 19.4 Å². The highest BCUT2D eigenvalue weighted by atomic mass is 32.2. The number of nitrogens with zero attached hydrogens (tertiary/aromatic N) is 2. The molecule has 2 aromatic carbocycles. The van der Waals surface area contributed by atoms with Gasteiger partial charge in [0.05, 0.1) is 19.7 Å². The predicted octanol–water partition coefficient (Wildman–Crippen LogP) is 5.84. The van der Waals surface area contributed by atoms with Gasteiger partial charge >= 0.3 is 0 Å². The highest BCUT2D eigenvalue weighted by Crippen LogP contribution is 2.37. The van der Waals surface area contributed by atoms with Gasteiger partial charge in [0.15, 0.2) is 11.6 Å². The Labute approximate surface area is 204 Å². The molecule has 0 bridgehead atoms. The smallest absolute Gasteiger partial charge is 0.270 e. The molecule has 174 valence electrons. The van der Waals surface area contributed by atoms with E-state index >= 15 is 0 Å². The second-order valence-electron chi connectivity index (χ2n) is 7.17. The number of rotatable bonds is 8. The van der Waals surface area contributed by atoms with Crippen LogP contribution in [0, 0.1) is 20.2 Å². The van der Waals surface area contributed by atoms with Crippen LogP contribution in [0.25, 0.3) is 12.2 Å². The Hall–Kier alpha value is -3.50. The minimum absolute atomic E-state index is 0.0280. The number of nitro groups is 2. The van der Waals surface area contributed by atoms with Gasteiger partial charge in [0.25, 0.3) is 11.4 Å². The Morgan fingerprint density at radius 3 is 1.62 bits per heavy atom. The average molecular weight is 497 g/mol. The normalized spacial score (nSPS) is 14.2. The van der Waals surface area contributed by atoms with Crippen molar-refractivity contribution in [2.45, 2.75) is 12.8 Å². The molecule has 0 aromatic heterocycles. The second kappa shape index (κ2) is 12.1. The molecular weight excluding hydrogens is 476 g/mol. The van der Waals surface area contributed by atoms with E-state index in [1.54, 1.807) is 12.1 Å². The summed E-state index contributed by atoms with van der Waals surface area (Å²) in [5.74, 6) is 0.569. The number of thioether (sulfide) groups is 2.